The summed E-state index contributed by atoms with van der Waals surface area (Å²) in [7, 11) is 0. The number of rotatable bonds is 4. The van der Waals surface area contributed by atoms with Crippen molar-refractivity contribution in [3.05, 3.63) is 79.0 Å². The molecule has 0 aliphatic heterocycles. The zero-order valence-electron chi connectivity index (χ0n) is 12.1. The molecule has 1 aromatic heterocycles. The first-order chi connectivity index (χ1) is 10.8. The van der Waals surface area contributed by atoms with E-state index >= 15 is 0 Å². The van der Waals surface area contributed by atoms with Gasteiger partial charge in [0.05, 0.1) is 12.6 Å². The second-order valence-electron chi connectivity index (χ2n) is 4.55. The van der Waals surface area contributed by atoms with Gasteiger partial charge in [-0.05, 0) is 11.1 Å². The topological polar surface area (TPSA) is 63.3 Å². The molecule has 0 unspecified atom stereocenters. The lowest BCUT2D eigenvalue weighted by atomic mass is 10.1. The molecule has 0 aliphatic carbocycles. The van der Waals surface area contributed by atoms with Gasteiger partial charge >= 0.3 is 5.97 Å². The number of carboxylic acids is 1. The van der Waals surface area contributed by atoms with Crippen molar-refractivity contribution in [2.24, 2.45) is 0 Å². The molecule has 4 heteroatoms. The third-order valence-electron chi connectivity index (χ3n) is 2.92. The summed E-state index contributed by atoms with van der Waals surface area (Å²) in [6.07, 6.45) is 3.36. The van der Waals surface area contributed by atoms with Crippen molar-refractivity contribution in [1.29, 1.82) is 0 Å². The zero-order valence-corrected chi connectivity index (χ0v) is 12.1. The quantitative estimate of drug-likeness (QED) is 0.788. The number of hydrogen-bond acceptors (Lipinski definition) is 3. The lowest BCUT2D eigenvalue weighted by molar-refractivity contribution is -0.137. The van der Waals surface area contributed by atoms with E-state index in [4.69, 9.17) is 9.52 Å². The Morgan fingerprint density at radius 1 is 0.955 bits per heavy atom. The van der Waals surface area contributed by atoms with E-state index in [1.807, 2.05) is 12.1 Å². The highest BCUT2D eigenvalue weighted by Gasteiger charge is 2.00. The van der Waals surface area contributed by atoms with Gasteiger partial charge in [0, 0.05) is 6.42 Å². The Balaban J connectivity index is 0.000000164. The molecule has 3 rings (SSSR count). The Bertz CT molecular complexity index is 627. The van der Waals surface area contributed by atoms with Crippen molar-refractivity contribution in [2.75, 3.05) is 0 Å². The van der Waals surface area contributed by atoms with Crippen LogP contribution in [0.4, 0.5) is 0 Å². The van der Waals surface area contributed by atoms with Crippen LogP contribution in [0, 0.1) is 0 Å². The van der Waals surface area contributed by atoms with Crippen LogP contribution in [0.5, 0.6) is 0 Å². The molecule has 0 amide bonds. The van der Waals surface area contributed by atoms with Gasteiger partial charge in [0.15, 0.2) is 5.89 Å². The van der Waals surface area contributed by atoms with E-state index in [0.29, 0.717) is 12.3 Å². The maximum atomic E-state index is 10.0. The van der Waals surface area contributed by atoms with Crippen LogP contribution in [0.15, 0.2) is 77.5 Å². The molecule has 112 valence electrons. The van der Waals surface area contributed by atoms with E-state index in [1.165, 1.54) is 23.6 Å². The first kappa shape index (κ1) is 15.5. The predicted molar refractivity (Wildman–Crippen MR) is 84.3 cm³/mol. The number of nitrogens with zero attached hydrogens (tertiary/aromatic N) is 1. The molecule has 0 atom stereocenters. The van der Waals surface area contributed by atoms with E-state index in [2.05, 4.69) is 53.5 Å². The van der Waals surface area contributed by atoms with Crippen LogP contribution in [-0.2, 0) is 11.2 Å². The summed E-state index contributed by atoms with van der Waals surface area (Å²) < 4.78 is 4.81. The van der Waals surface area contributed by atoms with Gasteiger partial charge in [0.1, 0.15) is 6.26 Å². The first-order valence-electron chi connectivity index (χ1n) is 6.96. The summed E-state index contributed by atoms with van der Waals surface area (Å²) in [6.45, 7) is 0. The minimum atomic E-state index is -0.835. The van der Waals surface area contributed by atoms with Crippen molar-refractivity contribution >= 4 is 5.97 Å². The molecule has 3 aromatic rings. The predicted octanol–water partition coefficient (Wildman–Crippen LogP) is 4.05. The SMILES string of the molecule is O=C(O)CCc1ncco1.c1ccc(-c2ccccc2)cc1. The Morgan fingerprint density at radius 2 is 1.50 bits per heavy atom. The van der Waals surface area contributed by atoms with Gasteiger partial charge in [0.2, 0.25) is 0 Å². The van der Waals surface area contributed by atoms with E-state index in [9.17, 15) is 4.79 Å². The van der Waals surface area contributed by atoms with Crippen LogP contribution in [0.25, 0.3) is 11.1 Å². The summed E-state index contributed by atoms with van der Waals surface area (Å²) >= 11 is 0. The van der Waals surface area contributed by atoms with Crippen molar-refractivity contribution in [3.8, 4) is 11.1 Å². The number of hydrogen-bond donors (Lipinski definition) is 1. The smallest absolute Gasteiger partial charge is 0.303 e. The molecule has 0 saturated heterocycles. The Hall–Kier alpha value is -2.88. The van der Waals surface area contributed by atoms with Crippen LogP contribution in [0.2, 0.25) is 0 Å². The molecule has 1 heterocycles. The third kappa shape index (κ3) is 5.25. The monoisotopic (exact) mass is 295 g/mol. The van der Waals surface area contributed by atoms with Crippen molar-refractivity contribution in [2.45, 2.75) is 12.8 Å². The molecule has 0 bridgehead atoms. The highest BCUT2D eigenvalue weighted by Crippen LogP contribution is 2.17. The second-order valence-corrected chi connectivity index (χ2v) is 4.55. The van der Waals surface area contributed by atoms with E-state index in [-0.39, 0.29) is 6.42 Å². The summed E-state index contributed by atoms with van der Waals surface area (Å²) in [4.78, 5) is 13.8. The average Bonchev–Trinajstić information content (AvgIpc) is 3.09. The summed E-state index contributed by atoms with van der Waals surface area (Å²) in [5, 5.41) is 8.24. The number of oxazole rings is 1. The van der Waals surface area contributed by atoms with E-state index in [0.717, 1.165) is 0 Å². The summed E-state index contributed by atoms with van der Waals surface area (Å²) in [5.41, 5.74) is 2.55. The highest BCUT2D eigenvalue weighted by atomic mass is 16.4. The molecule has 0 saturated carbocycles. The van der Waals surface area contributed by atoms with E-state index in [1.54, 1.807) is 0 Å². The number of aryl methyl sites for hydroxylation is 1. The van der Waals surface area contributed by atoms with Gasteiger partial charge in [-0.3, -0.25) is 4.79 Å². The fourth-order valence-corrected chi connectivity index (χ4v) is 1.85. The molecular formula is C18H17NO3. The van der Waals surface area contributed by atoms with Crippen molar-refractivity contribution < 1.29 is 14.3 Å². The standard InChI is InChI=1S/C12H10.C6H7NO3/c1-3-7-11(8-4-1)12-9-5-2-6-10-12;8-6(9)2-1-5-7-3-4-10-5/h1-10H;3-4H,1-2H2,(H,8,9). The summed E-state index contributed by atoms with van der Waals surface area (Å²) in [5.74, 6) is -0.361. The van der Waals surface area contributed by atoms with Crippen molar-refractivity contribution in [1.82, 2.24) is 4.98 Å². The third-order valence-corrected chi connectivity index (χ3v) is 2.92. The van der Waals surface area contributed by atoms with E-state index < -0.39 is 5.97 Å². The molecule has 2 aromatic carbocycles. The van der Waals surface area contributed by atoms with Gasteiger partial charge in [-0.2, -0.15) is 0 Å². The molecule has 0 radical (unpaired) electrons. The maximum Gasteiger partial charge on any atom is 0.303 e. The zero-order chi connectivity index (χ0) is 15.6. The van der Waals surface area contributed by atoms with Gasteiger partial charge < -0.3 is 9.52 Å². The largest absolute Gasteiger partial charge is 0.481 e. The minimum absolute atomic E-state index is 0.0700. The molecule has 22 heavy (non-hydrogen) atoms. The van der Waals surface area contributed by atoms with Crippen LogP contribution in [-0.4, -0.2) is 16.1 Å². The van der Waals surface area contributed by atoms with Gasteiger partial charge in [-0.25, -0.2) is 4.98 Å². The fraction of sp³-hybridized carbons (Fsp3) is 0.111. The maximum absolute atomic E-state index is 10.0. The molecule has 4 nitrogen and oxygen atoms in total. The van der Waals surface area contributed by atoms with Crippen molar-refractivity contribution in [3.63, 3.8) is 0 Å². The Kier molecular flexibility index (Phi) is 5.93. The molecular weight excluding hydrogens is 278 g/mol. The van der Waals surface area contributed by atoms with Crippen LogP contribution < -0.4 is 0 Å². The second kappa shape index (κ2) is 8.42. The lowest BCUT2D eigenvalue weighted by Crippen LogP contribution is -1.97. The lowest BCUT2D eigenvalue weighted by Gasteiger charge is -1.98. The normalized spacial score (nSPS) is 9.64. The van der Waals surface area contributed by atoms with Crippen LogP contribution in [0.1, 0.15) is 12.3 Å². The van der Waals surface area contributed by atoms with Gasteiger partial charge in [-0.15, -0.1) is 0 Å². The Labute approximate surface area is 129 Å². The number of carboxylic acid groups (broad SMARTS) is 1. The molecule has 0 aliphatic rings. The van der Waals surface area contributed by atoms with Crippen LogP contribution >= 0.6 is 0 Å². The van der Waals surface area contributed by atoms with Gasteiger partial charge in [-0.1, -0.05) is 60.7 Å². The number of aliphatic carboxylic acids is 1. The number of carbonyl (C=O) groups is 1. The van der Waals surface area contributed by atoms with Crippen LogP contribution in [0.3, 0.4) is 0 Å². The summed E-state index contributed by atoms with van der Waals surface area (Å²) in [6, 6.07) is 20.8. The average molecular weight is 295 g/mol. The molecule has 0 spiro atoms. The minimum Gasteiger partial charge on any atom is -0.481 e. The number of benzene rings is 2. The fourth-order valence-electron chi connectivity index (χ4n) is 1.85. The van der Waals surface area contributed by atoms with Gasteiger partial charge in [0.25, 0.3) is 0 Å². The molecule has 0 fully saturated rings. The Morgan fingerprint density at radius 3 is 1.91 bits per heavy atom. The number of aromatic nitrogens is 1. The highest BCUT2D eigenvalue weighted by molar-refractivity contribution is 5.66. The molecule has 1 N–H and O–H groups in total. The first-order valence-corrected chi connectivity index (χ1v) is 6.96.